The second kappa shape index (κ2) is 7.04. The molecule has 0 bridgehead atoms. The summed E-state index contributed by atoms with van der Waals surface area (Å²) in [5.74, 6) is 1.18. The third-order valence-electron chi connectivity index (χ3n) is 3.92. The number of halogens is 1. The van der Waals surface area contributed by atoms with Gasteiger partial charge in [0.1, 0.15) is 16.9 Å². The minimum Gasteiger partial charge on any atom is -0.497 e. The zero-order chi connectivity index (χ0) is 16.2. The quantitative estimate of drug-likeness (QED) is 0.837. The standard InChI is InChI=1S/C18H18FNO2S/c1-22-16-8-2-13(3-9-16)10-11-20-17(21)12-23-18(20)14-4-6-15(19)7-5-14/h2-9,18H,10-12H2,1H3/t18-/m0/s1. The molecule has 3 rings (SSSR count). The predicted octanol–water partition coefficient (Wildman–Crippen LogP) is 3.65. The van der Waals surface area contributed by atoms with Gasteiger partial charge in [-0.05, 0) is 41.8 Å². The van der Waals surface area contributed by atoms with Crippen LogP contribution in [0.25, 0.3) is 0 Å². The van der Waals surface area contributed by atoms with Gasteiger partial charge < -0.3 is 9.64 Å². The van der Waals surface area contributed by atoms with Gasteiger partial charge in [-0.15, -0.1) is 11.8 Å². The van der Waals surface area contributed by atoms with Gasteiger partial charge in [0.05, 0.1) is 12.9 Å². The Morgan fingerprint density at radius 2 is 1.87 bits per heavy atom. The Balaban J connectivity index is 1.68. The van der Waals surface area contributed by atoms with Crippen molar-refractivity contribution in [3.05, 3.63) is 65.5 Å². The van der Waals surface area contributed by atoms with Crippen LogP contribution in [0.1, 0.15) is 16.5 Å². The number of carbonyl (C=O) groups excluding carboxylic acids is 1. The van der Waals surface area contributed by atoms with E-state index in [9.17, 15) is 9.18 Å². The Hall–Kier alpha value is -2.01. The van der Waals surface area contributed by atoms with E-state index in [2.05, 4.69) is 0 Å². The summed E-state index contributed by atoms with van der Waals surface area (Å²) in [5.41, 5.74) is 2.13. The van der Waals surface area contributed by atoms with Gasteiger partial charge in [-0.3, -0.25) is 4.79 Å². The number of nitrogens with zero attached hydrogens (tertiary/aromatic N) is 1. The Bertz CT molecular complexity index is 672. The van der Waals surface area contributed by atoms with Crippen LogP contribution < -0.4 is 4.74 Å². The lowest BCUT2D eigenvalue weighted by molar-refractivity contribution is -0.128. The van der Waals surface area contributed by atoms with Gasteiger partial charge in [0, 0.05) is 6.54 Å². The number of hydrogen-bond acceptors (Lipinski definition) is 3. The monoisotopic (exact) mass is 331 g/mol. The number of methoxy groups -OCH3 is 1. The third kappa shape index (κ3) is 3.67. The summed E-state index contributed by atoms with van der Waals surface area (Å²) in [6.45, 7) is 0.653. The van der Waals surface area contributed by atoms with E-state index >= 15 is 0 Å². The highest BCUT2D eigenvalue weighted by Gasteiger charge is 2.32. The number of thioether (sulfide) groups is 1. The number of amides is 1. The predicted molar refractivity (Wildman–Crippen MR) is 90.0 cm³/mol. The van der Waals surface area contributed by atoms with Crippen LogP contribution in [-0.4, -0.2) is 30.2 Å². The smallest absolute Gasteiger partial charge is 0.233 e. The second-order valence-corrected chi connectivity index (χ2v) is 6.47. The summed E-state index contributed by atoms with van der Waals surface area (Å²) in [5, 5.41) is -0.0265. The van der Waals surface area contributed by atoms with Crippen LogP contribution in [0.2, 0.25) is 0 Å². The Morgan fingerprint density at radius 1 is 1.17 bits per heavy atom. The van der Waals surface area contributed by atoms with Gasteiger partial charge in [0.2, 0.25) is 5.91 Å². The molecule has 3 nitrogen and oxygen atoms in total. The summed E-state index contributed by atoms with van der Waals surface area (Å²) >= 11 is 1.59. The van der Waals surface area contributed by atoms with Crippen LogP contribution in [0.3, 0.4) is 0 Å². The largest absolute Gasteiger partial charge is 0.497 e. The van der Waals surface area contributed by atoms with Crippen molar-refractivity contribution in [3.63, 3.8) is 0 Å². The maximum absolute atomic E-state index is 13.1. The fourth-order valence-electron chi connectivity index (χ4n) is 2.64. The van der Waals surface area contributed by atoms with Crippen molar-refractivity contribution in [2.75, 3.05) is 19.4 Å². The third-order valence-corrected chi connectivity index (χ3v) is 5.18. The molecule has 1 aliphatic rings. The van der Waals surface area contributed by atoms with Crippen LogP contribution in [0.5, 0.6) is 5.75 Å². The van der Waals surface area contributed by atoms with E-state index in [0.717, 1.165) is 23.3 Å². The molecule has 1 heterocycles. The molecule has 0 N–H and O–H groups in total. The van der Waals surface area contributed by atoms with E-state index in [-0.39, 0.29) is 17.1 Å². The lowest BCUT2D eigenvalue weighted by Crippen LogP contribution is -2.30. The maximum atomic E-state index is 13.1. The Kier molecular flexibility index (Phi) is 4.86. The fraction of sp³-hybridized carbons (Fsp3) is 0.278. The van der Waals surface area contributed by atoms with E-state index in [4.69, 9.17) is 4.74 Å². The van der Waals surface area contributed by atoms with Crippen molar-refractivity contribution in [1.29, 1.82) is 0 Å². The Labute approximate surface area is 139 Å². The fourth-order valence-corrected chi connectivity index (χ4v) is 3.86. The molecule has 2 aromatic rings. The molecule has 1 saturated heterocycles. The van der Waals surface area contributed by atoms with Crippen molar-refractivity contribution < 1.29 is 13.9 Å². The van der Waals surface area contributed by atoms with Crippen molar-refractivity contribution in [2.45, 2.75) is 11.8 Å². The average Bonchev–Trinajstić information content (AvgIpc) is 2.95. The number of benzene rings is 2. The molecule has 1 fully saturated rings. The van der Waals surface area contributed by atoms with Crippen molar-refractivity contribution in [3.8, 4) is 5.75 Å². The number of carbonyl (C=O) groups is 1. The van der Waals surface area contributed by atoms with Gasteiger partial charge in [-0.2, -0.15) is 0 Å². The highest BCUT2D eigenvalue weighted by Crippen LogP contribution is 2.38. The average molecular weight is 331 g/mol. The molecular formula is C18H18FNO2S. The lowest BCUT2D eigenvalue weighted by atomic mass is 10.1. The number of hydrogen-bond donors (Lipinski definition) is 0. The van der Waals surface area contributed by atoms with E-state index in [1.807, 2.05) is 29.2 Å². The molecule has 0 aliphatic carbocycles. The van der Waals surface area contributed by atoms with Gasteiger partial charge in [-0.1, -0.05) is 24.3 Å². The highest BCUT2D eigenvalue weighted by atomic mass is 32.2. The summed E-state index contributed by atoms with van der Waals surface area (Å²) in [6, 6.07) is 14.3. The number of ether oxygens (including phenoxy) is 1. The van der Waals surface area contributed by atoms with Crippen molar-refractivity contribution in [1.82, 2.24) is 4.90 Å². The zero-order valence-electron chi connectivity index (χ0n) is 12.9. The first-order chi connectivity index (χ1) is 11.2. The molecule has 2 aromatic carbocycles. The topological polar surface area (TPSA) is 29.5 Å². The minimum atomic E-state index is -0.257. The first kappa shape index (κ1) is 15.9. The molecule has 0 unspecified atom stereocenters. The Morgan fingerprint density at radius 3 is 2.52 bits per heavy atom. The van der Waals surface area contributed by atoms with Crippen LogP contribution >= 0.6 is 11.8 Å². The molecule has 1 atom stereocenters. The number of rotatable bonds is 5. The summed E-state index contributed by atoms with van der Waals surface area (Å²) in [7, 11) is 1.64. The molecule has 0 radical (unpaired) electrons. The summed E-state index contributed by atoms with van der Waals surface area (Å²) < 4.78 is 18.2. The zero-order valence-corrected chi connectivity index (χ0v) is 13.7. The van der Waals surface area contributed by atoms with Crippen LogP contribution in [-0.2, 0) is 11.2 Å². The van der Waals surface area contributed by atoms with Crippen LogP contribution in [0, 0.1) is 5.82 Å². The van der Waals surface area contributed by atoms with Crippen LogP contribution in [0.15, 0.2) is 48.5 Å². The molecule has 0 aromatic heterocycles. The van der Waals surface area contributed by atoms with Crippen molar-refractivity contribution >= 4 is 17.7 Å². The van der Waals surface area contributed by atoms with Gasteiger partial charge in [0.25, 0.3) is 0 Å². The molecule has 1 aliphatic heterocycles. The molecular weight excluding hydrogens is 313 g/mol. The SMILES string of the molecule is COc1ccc(CCN2C(=O)CS[C@H]2c2ccc(F)cc2)cc1. The first-order valence-electron chi connectivity index (χ1n) is 7.47. The van der Waals surface area contributed by atoms with E-state index in [0.29, 0.717) is 12.3 Å². The molecule has 1 amide bonds. The molecule has 23 heavy (non-hydrogen) atoms. The highest BCUT2D eigenvalue weighted by molar-refractivity contribution is 8.00. The normalized spacial score (nSPS) is 17.6. The molecule has 120 valence electrons. The van der Waals surface area contributed by atoms with Gasteiger partial charge in [-0.25, -0.2) is 4.39 Å². The minimum absolute atomic E-state index is 0.0265. The lowest BCUT2D eigenvalue weighted by Gasteiger charge is -2.24. The molecule has 0 spiro atoms. The summed E-state index contributed by atoms with van der Waals surface area (Å²) in [4.78, 5) is 14.0. The maximum Gasteiger partial charge on any atom is 0.233 e. The van der Waals surface area contributed by atoms with Gasteiger partial charge in [0.15, 0.2) is 0 Å². The van der Waals surface area contributed by atoms with E-state index in [1.54, 1.807) is 31.0 Å². The van der Waals surface area contributed by atoms with Gasteiger partial charge >= 0.3 is 0 Å². The van der Waals surface area contributed by atoms with E-state index < -0.39 is 0 Å². The van der Waals surface area contributed by atoms with E-state index in [1.165, 1.54) is 12.1 Å². The molecule has 5 heteroatoms. The molecule has 0 saturated carbocycles. The summed E-state index contributed by atoms with van der Waals surface area (Å²) in [6.07, 6.45) is 0.786. The first-order valence-corrected chi connectivity index (χ1v) is 8.52. The van der Waals surface area contributed by atoms with Crippen LogP contribution in [0.4, 0.5) is 4.39 Å². The van der Waals surface area contributed by atoms with Crippen molar-refractivity contribution in [2.24, 2.45) is 0 Å². The second-order valence-electron chi connectivity index (χ2n) is 5.40.